The smallest absolute Gasteiger partial charge is 0.439 e. The van der Waals surface area contributed by atoms with Gasteiger partial charge < -0.3 is 144 Å². The van der Waals surface area contributed by atoms with Crippen molar-refractivity contribution in [3.63, 3.8) is 0 Å². The van der Waals surface area contributed by atoms with Crippen LogP contribution in [-0.2, 0) is 157 Å². The molecule has 13 atom stereocenters. The highest BCUT2D eigenvalue weighted by Crippen LogP contribution is 2.34. The Morgan fingerprint density at radius 2 is 0.784 bits per heavy atom. The van der Waals surface area contributed by atoms with Crippen molar-refractivity contribution in [3.05, 3.63) is 38.0 Å². The van der Waals surface area contributed by atoms with Crippen LogP contribution in [0.15, 0.2) is 21.0 Å². The standard InChI is InChI=1S/C17H33N3O9Si2.C16H40O8Si5.C14H34O6Si4.C10H26O6Si4.C9H28O7Si5/c1-8-18-15(21)19(11-9-13-30(24-2,25-3)26-4)17(23)20(16(18)22)12-10-14-31(27-5,28-6)29-7;1-17-29(18-2,19-3)12-11-27(6)15-25(4)22-28(7,24-26(5)23-27)10-8-9-20-13-16-14-21-16;1-7-22(15)13-21(3)20-24(6,16-2)23(4,5)19-10-8-9-17-11-14-12-18-14;1-17-13-18(2)15-20(4,16-19(3)14-17)7-5-6-11-8-10-9-12-10;1-10-21(11-2,12-3)9-8-20(7)15-18(5)13-17(4)14-19(6)16-20/h8H,1,9-14H2,2-7H3;16,25-26H,8-15H2,1-7H3;14,21H,7-13H2,1-6H3;10,17-19H,5-9H2,1-4H3;17-19H,8-9H2,1-7H3. The van der Waals surface area contributed by atoms with Crippen molar-refractivity contribution in [1.82, 2.24) is 13.7 Å². The van der Waals surface area contributed by atoms with Gasteiger partial charge >= 0.3 is 86.0 Å². The minimum absolute atomic E-state index is 0.0590. The lowest BCUT2D eigenvalue weighted by Gasteiger charge is -2.42. The molecule has 0 radical (unpaired) electrons. The molecule has 125 heavy (non-hydrogen) atoms. The van der Waals surface area contributed by atoms with E-state index in [0.717, 1.165) is 120 Å². The quantitative estimate of drug-likeness (QED) is 0.0462. The maximum absolute atomic E-state index is 12.9. The van der Waals surface area contributed by atoms with E-state index in [2.05, 4.69) is 91.7 Å². The Kier molecular flexibility index (Phi) is 57.7. The van der Waals surface area contributed by atoms with E-state index in [4.69, 9.17) is 140 Å². The Morgan fingerprint density at radius 1 is 0.448 bits per heavy atom. The van der Waals surface area contributed by atoms with Crippen LogP contribution in [0.25, 0.3) is 6.20 Å². The van der Waals surface area contributed by atoms with Crippen molar-refractivity contribution in [3.8, 4) is 0 Å². The van der Waals surface area contributed by atoms with Gasteiger partial charge in [0.05, 0.1) is 39.6 Å². The number of nitrogens with zero attached hydrogens (tertiary/aromatic N) is 3. The molecule has 6 saturated heterocycles. The van der Waals surface area contributed by atoms with Crippen LogP contribution in [-0.4, -0.2) is 367 Å². The van der Waals surface area contributed by atoms with Gasteiger partial charge in [-0.3, -0.25) is 0 Å². The highest BCUT2D eigenvalue weighted by atomic mass is 29.3. The molecule has 39 nitrogen and oxygen atoms in total. The lowest BCUT2D eigenvalue weighted by Crippen LogP contribution is -2.64. The molecule has 736 valence electrons. The molecule has 1 aromatic rings. The predicted octanol–water partition coefficient (Wildman–Crippen LogP) is 5.16. The van der Waals surface area contributed by atoms with Gasteiger partial charge in [-0.2, -0.15) is 0 Å². The van der Waals surface area contributed by atoms with E-state index in [9.17, 15) is 18.8 Å². The minimum Gasteiger partial charge on any atom is -0.439 e. The third-order valence-corrected chi connectivity index (χ3v) is 102. The first-order valence-electron chi connectivity index (χ1n) is 43.4. The van der Waals surface area contributed by atoms with E-state index in [-0.39, 0.29) is 13.1 Å². The van der Waals surface area contributed by atoms with Crippen LogP contribution in [0, 0.1) is 0 Å². The second-order valence-electron chi connectivity index (χ2n) is 32.5. The van der Waals surface area contributed by atoms with Crippen LogP contribution in [0.3, 0.4) is 0 Å². The van der Waals surface area contributed by atoms with Crippen molar-refractivity contribution >= 4 is 183 Å². The summed E-state index contributed by atoms with van der Waals surface area (Å²) in [6.07, 6.45) is 5.62. The Bertz CT molecular complexity index is 3210. The number of hydrogen-bond donors (Lipinski definition) is 0. The maximum atomic E-state index is 12.9. The summed E-state index contributed by atoms with van der Waals surface area (Å²) in [5, 5.41) is 0. The number of ether oxygens (including phenoxy) is 6. The Balaban J connectivity index is 0.000000407. The summed E-state index contributed by atoms with van der Waals surface area (Å²) in [6, 6.07) is 6.60. The van der Waals surface area contributed by atoms with Crippen molar-refractivity contribution in [1.29, 1.82) is 0 Å². The first-order valence-corrected chi connectivity index (χ1v) is 89.2. The van der Waals surface area contributed by atoms with Crippen molar-refractivity contribution < 1.29 is 144 Å². The molecule has 0 N–H and O–H groups in total. The summed E-state index contributed by atoms with van der Waals surface area (Å²) in [4.78, 5) is 38.2. The average molecular weight is 2130 g/mol. The molecule has 6 aliphatic heterocycles. The van der Waals surface area contributed by atoms with E-state index in [0.29, 0.717) is 82.3 Å². The van der Waals surface area contributed by atoms with Crippen LogP contribution >= 0.6 is 0 Å². The van der Waals surface area contributed by atoms with Gasteiger partial charge in [0, 0.05) is 168 Å². The summed E-state index contributed by atoms with van der Waals surface area (Å²) >= 11 is 0. The number of aromatic nitrogens is 3. The van der Waals surface area contributed by atoms with Gasteiger partial charge in [-0.15, -0.1) is 0 Å². The Labute approximate surface area is 772 Å². The normalized spacial score (nSPS) is 28.1. The van der Waals surface area contributed by atoms with E-state index >= 15 is 0 Å². The zero-order chi connectivity index (χ0) is 94.1. The Morgan fingerprint density at radius 3 is 1.13 bits per heavy atom. The molecule has 7 rings (SSSR count). The molecule has 0 aromatic carbocycles. The monoisotopic (exact) mass is 2130 g/mol. The molecule has 13 unspecified atom stereocenters. The van der Waals surface area contributed by atoms with E-state index in [1.807, 2.05) is 26.6 Å². The molecule has 0 bridgehead atoms. The molecule has 59 heteroatoms. The predicted molar refractivity (Wildman–Crippen MR) is 521 cm³/mol. The van der Waals surface area contributed by atoms with Gasteiger partial charge in [0.1, 0.15) is 18.3 Å². The fourth-order valence-electron chi connectivity index (χ4n) is 14.3. The van der Waals surface area contributed by atoms with Crippen LogP contribution in [0.2, 0.25) is 170 Å². The first-order chi connectivity index (χ1) is 58.9. The van der Waals surface area contributed by atoms with Crippen LogP contribution in [0.4, 0.5) is 0 Å². The maximum Gasteiger partial charge on any atom is 0.500 e. The van der Waals surface area contributed by atoms with Crippen LogP contribution in [0.5, 0.6) is 0 Å². The summed E-state index contributed by atoms with van der Waals surface area (Å²) in [7, 11) is -19.4. The first kappa shape index (κ1) is 120. The molecule has 0 saturated carbocycles. The van der Waals surface area contributed by atoms with E-state index in [1.54, 1.807) is 49.8 Å². The minimum atomic E-state index is -2.86. The van der Waals surface area contributed by atoms with Crippen molar-refractivity contribution in [2.45, 2.75) is 241 Å². The SMILES string of the molecule is C=Cn1c(=O)n(CCC[Si](OC)(OC)OC)c(=O)n(CCC[Si](OC)(OC)OC)c1=O.CC[Si](=O)C[SiH](C)O[Si](C)(OC)[Si](C)(C)OCCCOCC1CO1.CO[Si](CC[Si]1(C)C[SiH](C)O[Si](C)(CCCOCC2CO2)O[SiH](C)O1)(OC)OC.CO[Si](CC[Si]1(C)O[SiH](C)O[SiH](C)O[SiH](C)O1)(OC)OC.C[SiH]1O[SiH](C)O[Si](C)(CCCOCC2CO2)O[SiH](C)O1. The number of epoxide rings is 3. The molecule has 0 spiro atoms. The number of hydrogen-bond acceptors (Lipinski definition) is 36. The van der Waals surface area contributed by atoms with Gasteiger partial charge in [-0.05, 0) is 173 Å². The molecule has 7 heterocycles. The zero-order valence-electron chi connectivity index (χ0n) is 81.1. The van der Waals surface area contributed by atoms with Gasteiger partial charge in [0.2, 0.25) is 7.83 Å². The third kappa shape index (κ3) is 44.1. The van der Waals surface area contributed by atoms with Gasteiger partial charge in [-0.1, -0.05) is 13.5 Å². The van der Waals surface area contributed by atoms with E-state index in [1.165, 1.54) is 42.7 Å². The van der Waals surface area contributed by atoms with Gasteiger partial charge in [0.15, 0.2) is 26.4 Å². The Hall–Kier alpha value is 1.01. The highest BCUT2D eigenvalue weighted by Gasteiger charge is 2.53. The van der Waals surface area contributed by atoms with Crippen molar-refractivity contribution in [2.75, 3.05) is 158 Å². The second kappa shape index (κ2) is 60.0. The fraction of sp³-hybridized carbons (Fsp3) is 0.924. The molecule has 1 aromatic heterocycles. The third-order valence-electron chi connectivity index (χ3n) is 21.7. The van der Waals surface area contributed by atoms with Gasteiger partial charge in [-0.25, -0.2) is 28.1 Å². The molecule has 0 amide bonds. The number of rotatable bonds is 53. The van der Waals surface area contributed by atoms with Gasteiger partial charge in [0.25, 0.3) is 73.7 Å². The zero-order valence-corrected chi connectivity index (χ0v) is 102. The molecule has 0 aliphatic carbocycles. The molecule has 6 fully saturated rings. The second-order valence-corrected chi connectivity index (χ2v) is 96.6. The largest absolute Gasteiger partial charge is 0.500 e. The molecular formula is C66H161N3O36Si20. The summed E-state index contributed by atoms with van der Waals surface area (Å²) in [5.74, 6) is 0. The molecular weight excluding hydrogens is 1970 g/mol. The topological polar surface area (TPSA) is 388 Å². The van der Waals surface area contributed by atoms with Crippen molar-refractivity contribution in [2.24, 2.45) is 0 Å². The summed E-state index contributed by atoms with van der Waals surface area (Å²) < 4.78 is 199. The highest BCUT2D eigenvalue weighted by molar-refractivity contribution is 7.34. The van der Waals surface area contributed by atoms with Crippen LogP contribution in [0.1, 0.15) is 39.0 Å². The average Bonchev–Trinajstić information content (AvgIpc) is 1.64. The van der Waals surface area contributed by atoms with Crippen LogP contribution < -0.4 is 17.1 Å². The molecule has 6 aliphatic rings. The lowest BCUT2D eigenvalue weighted by atomic mass is 10.4. The summed E-state index contributed by atoms with van der Waals surface area (Å²) in [6.45, 7) is 47.1. The fourth-order valence-corrected chi connectivity index (χ4v) is 93.6. The lowest BCUT2D eigenvalue weighted by molar-refractivity contribution is 0.103. The van der Waals surface area contributed by atoms with E-state index < -0.39 is 194 Å². The summed E-state index contributed by atoms with van der Waals surface area (Å²) in [5.41, 5.74) is -0.361.